The van der Waals surface area contributed by atoms with E-state index in [4.69, 9.17) is 5.73 Å². The molecule has 1 aromatic carbocycles. The van der Waals surface area contributed by atoms with Crippen molar-refractivity contribution in [2.75, 3.05) is 5.32 Å². The zero-order chi connectivity index (χ0) is 23.2. The minimum atomic E-state index is -4.63. The lowest BCUT2D eigenvalue weighted by Crippen LogP contribution is -2.49. The van der Waals surface area contributed by atoms with Crippen molar-refractivity contribution in [3.63, 3.8) is 0 Å². The molecule has 0 saturated heterocycles. The maximum Gasteiger partial charge on any atom is 0.417 e. The summed E-state index contributed by atoms with van der Waals surface area (Å²) in [5, 5.41) is 2.26. The van der Waals surface area contributed by atoms with Crippen LogP contribution < -0.4 is 11.1 Å². The zero-order valence-electron chi connectivity index (χ0n) is 15.7. The second-order valence-electron chi connectivity index (χ2n) is 6.70. The summed E-state index contributed by atoms with van der Waals surface area (Å²) >= 11 is 0. The van der Waals surface area contributed by atoms with Crippen LogP contribution in [0.3, 0.4) is 0 Å². The number of carbonyl (C=O) groups excluding carboxylic acids is 1. The normalized spacial score (nSPS) is 20.6. The largest absolute Gasteiger partial charge is 0.425 e. The number of aromatic nitrogens is 1. The molecule has 6 nitrogen and oxygen atoms in total. The number of halogens is 6. The van der Waals surface area contributed by atoms with Gasteiger partial charge in [0.2, 0.25) is 0 Å². The number of carbonyl (C=O) groups is 1. The Kier molecular flexibility index (Phi) is 5.20. The molecule has 0 radical (unpaired) electrons. The first-order chi connectivity index (χ1) is 14.3. The summed E-state index contributed by atoms with van der Waals surface area (Å²) < 4.78 is 86.3. The smallest absolute Gasteiger partial charge is 0.417 e. The van der Waals surface area contributed by atoms with Gasteiger partial charge in [-0.05, 0) is 37.3 Å². The fraction of sp³-hybridized carbons (Fsp3) is 0.211. The Morgan fingerprint density at radius 2 is 1.90 bits per heavy atom. The van der Waals surface area contributed by atoms with Crippen molar-refractivity contribution < 1.29 is 35.9 Å². The molecule has 2 aromatic rings. The van der Waals surface area contributed by atoms with Crippen LogP contribution in [0, 0.1) is 5.82 Å². The standard InChI is InChI=1S/C19H14F6N4O2/c1-9-18(21,22)17(2,29-16(26)31-9)12-7-11(4-5-13(12)20)28-15(30)14-6-3-10(8-27-14)19(23,24)25/h3-8H,1H2,2H3,(H2,26,29)(H,28,30)/t17-/m1/s1. The second-order valence-corrected chi connectivity index (χ2v) is 6.70. The Labute approximate surface area is 171 Å². The summed E-state index contributed by atoms with van der Waals surface area (Å²) in [5.41, 5.74) is 0.672. The minimum Gasteiger partial charge on any atom is -0.425 e. The fourth-order valence-corrected chi connectivity index (χ4v) is 2.87. The highest BCUT2D eigenvalue weighted by atomic mass is 19.4. The van der Waals surface area contributed by atoms with Crippen LogP contribution in [-0.2, 0) is 16.5 Å². The number of nitrogens with one attached hydrogen (secondary N) is 1. The molecule has 0 saturated carbocycles. The average Bonchev–Trinajstić information content (AvgIpc) is 2.67. The van der Waals surface area contributed by atoms with E-state index < -0.39 is 52.3 Å². The lowest BCUT2D eigenvalue weighted by atomic mass is 9.84. The molecular formula is C19H14F6N4O2. The maximum absolute atomic E-state index is 14.7. The first-order valence-electron chi connectivity index (χ1n) is 8.50. The summed E-state index contributed by atoms with van der Waals surface area (Å²) in [4.78, 5) is 19.3. The number of hydrogen-bond donors (Lipinski definition) is 2. The van der Waals surface area contributed by atoms with Gasteiger partial charge in [-0.2, -0.15) is 22.0 Å². The highest BCUT2D eigenvalue weighted by molar-refractivity contribution is 6.02. The maximum atomic E-state index is 14.7. The third kappa shape index (κ3) is 3.92. The third-order valence-electron chi connectivity index (χ3n) is 4.60. The second kappa shape index (κ2) is 7.29. The van der Waals surface area contributed by atoms with Crippen LogP contribution in [0.4, 0.5) is 32.0 Å². The number of nitrogens with zero attached hydrogens (tertiary/aromatic N) is 2. The highest BCUT2D eigenvalue weighted by Crippen LogP contribution is 2.48. The van der Waals surface area contributed by atoms with Crippen molar-refractivity contribution in [1.29, 1.82) is 0 Å². The van der Waals surface area contributed by atoms with Crippen LogP contribution in [0.15, 0.2) is 53.9 Å². The molecule has 0 fully saturated rings. The van der Waals surface area contributed by atoms with Crippen molar-refractivity contribution in [2.45, 2.75) is 24.6 Å². The van der Waals surface area contributed by atoms with Gasteiger partial charge in [0.1, 0.15) is 11.5 Å². The molecule has 31 heavy (non-hydrogen) atoms. The third-order valence-corrected chi connectivity index (χ3v) is 4.60. The number of pyridine rings is 1. The molecule has 1 aliphatic heterocycles. The SMILES string of the molecule is C=C1OC(N)=N[C@](C)(c2cc(NC(=O)c3ccc(C(F)(F)F)cn3)ccc2F)C1(F)F. The number of nitrogens with two attached hydrogens (primary N) is 1. The average molecular weight is 444 g/mol. The van der Waals surface area contributed by atoms with E-state index in [0.717, 1.165) is 31.2 Å². The van der Waals surface area contributed by atoms with Gasteiger partial charge in [0.15, 0.2) is 11.3 Å². The van der Waals surface area contributed by atoms with Crippen molar-refractivity contribution in [3.8, 4) is 0 Å². The Hall–Kier alpha value is -3.57. The van der Waals surface area contributed by atoms with Gasteiger partial charge in [-0.15, -0.1) is 0 Å². The van der Waals surface area contributed by atoms with E-state index in [1.165, 1.54) is 0 Å². The van der Waals surface area contributed by atoms with Crippen molar-refractivity contribution in [2.24, 2.45) is 10.7 Å². The molecular weight excluding hydrogens is 430 g/mol. The molecule has 0 aliphatic carbocycles. The number of alkyl halides is 5. The molecule has 164 valence electrons. The highest BCUT2D eigenvalue weighted by Gasteiger charge is 2.59. The molecule has 1 atom stereocenters. The zero-order valence-corrected chi connectivity index (χ0v) is 15.7. The first kappa shape index (κ1) is 22.1. The van der Waals surface area contributed by atoms with E-state index in [9.17, 15) is 31.1 Å². The molecule has 3 rings (SSSR count). The molecule has 1 amide bonds. The summed E-state index contributed by atoms with van der Waals surface area (Å²) in [6, 6.07) is 3.64. The van der Waals surface area contributed by atoms with Gasteiger partial charge < -0.3 is 15.8 Å². The number of anilines is 1. The van der Waals surface area contributed by atoms with Crippen LogP contribution in [0.25, 0.3) is 0 Å². The Bertz CT molecular complexity index is 1080. The first-order valence-corrected chi connectivity index (χ1v) is 8.50. The van der Waals surface area contributed by atoms with Crippen LogP contribution in [0.1, 0.15) is 28.5 Å². The van der Waals surface area contributed by atoms with E-state index >= 15 is 0 Å². The van der Waals surface area contributed by atoms with Crippen molar-refractivity contribution >= 4 is 17.6 Å². The van der Waals surface area contributed by atoms with Gasteiger partial charge in [0.25, 0.3) is 11.9 Å². The Morgan fingerprint density at radius 3 is 2.48 bits per heavy atom. The van der Waals surface area contributed by atoms with Crippen molar-refractivity contribution in [1.82, 2.24) is 4.98 Å². The van der Waals surface area contributed by atoms with Crippen LogP contribution in [0.2, 0.25) is 0 Å². The molecule has 12 heteroatoms. The number of ether oxygens (including phenoxy) is 1. The van der Waals surface area contributed by atoms with Crippen LogP contribution >= 0.6 is 0 Å². The molecule has 0 spiro atoms. The summed E-state index contributed by atoms with van der Waals surface area (Å²) in [6.45, 7) is 4.00. The molecule has 0 bridgehead atoms. The number of aliphatic imine (C=N–C) groups is 1. The van der Waals surface area contributed by atoms with E-state index in [0.29, 0.717) is 12.3 Å². The van der Waals surface area contributed by atoms with E-state index in [-0.39, 0.29) is 11.4 Å². The Balaban J connectivity index is 1.94. The lowest BCUT2D eigenvalue weighted by Gasteiger charge is -2.38. The van der Waals surface area contributed by atoms with Crippen LogP contribution in [0.5, 0.6) is 0 Å². The van der Waals surface area contributed by atoms with Gasteiger partial charge in [-0.1, -0.05) is 6.58 Å². The molecule has 0 unspecified atom stereocenters. The fourth-order valence-electron chi connectivity index (χ4n) is 2.87. The number of hydrogen-bond acceptors (Lipinski definition) is 5. The van der Waals surface area contributed by atoms with Crippen LogP contribution in [-0.4, -0.2) is 22.8 Å². The van der Waals surface area contributed by atoms with E-state index in [1.807, 2.05) is 0 Å². The number of benzene rings is 1. The number of rotatable bonds is 3. The topological polar surface area (TPSA) is 89.6 Å². The van der Waals surface area contributed by atoms with Gasteiger partial charge in [0.05, 0.1) is 5.56 Å². The van der Waals surface area contributed by atoms with Gasteiger partial charge in [-0.25, -0.2) is 9.38 Å². The molecule has 2 heterocycles. The molecule has 1 aliphatic rings. The minimum absolute atomic E-state index is 0.133. The molecule has 1 aromatic heterocycles. The van der Waals surface area contributed by atoms with Gasteiger partial charge in [-0.3, -0.25) is 9.78 Å². The number of amides is 1. The quantitative estimate of drug-likeness (QED) is 0.695. The van der Waals surface area contributed by atoms with Crippen molar-refractivity contribution in [3.05, 3.63) is 71.5 Å². The monoisotopic (exact) mass is 444 g/mol. The molecule has 3 N–H and O–H groups in total. The van der Waals surface area contributed by atoms with E-state index in [2.05, 4.69) is 26.6 Å². The summed E-state index contributed by atoms with van der Waals surface area (Å²) in [5.74, 6) is -6.90. The van der Waals surface area contributed by atoms with E-state index in [1.54, 1.807) is 0 Å². The number of amidine groups is 1. The predicted octanol–water partition coefficient (Wildman–Crippen LogP) is 4.20. The Morgan fingerprint density at radius 1 is 1.23 bits per heavy atom. The predicted molar refractivity (Wildman–Crippen MR) is 97.7 cm³/mol. The summed E-state index contributed by atoms with van der Waals surface area (Å²) in [6.07, 6.45) is -4.16. The van der Waals surface area contributed by atoms with Gasteiger partial charge >= 0.3 is 12.1 Å². The van der Waals surface area contributed by atoms with Gasteiger partial charge in [0, 0.05) is 17.4 Å². The lowest BCUT2D eigenvalue weighted by molar-refractivity contribution is -0.137. The summed E-state index contributed by atoms with van der Waals surface area (Å²) in [7, 11) is 0.